The number of nitrogens with zero attached hydrogens (tertiary/aromatic N) is 8. The Morgan fingerprint density at radius 3 is 2.35 bits per heavy atom. The number of rotatable bonds is 10. The number of aromatic nitrogens is 4. The van der Waals surface area contributed by atoms with Gasteiger partial charge in [-0.2, -0.15) is 4.98 Å². The van der Waals surface area contributed by atoms with Crippen molar-refractivity contribution in [1.82, 2.24) is 29.7 Å². The normalized spacial score (nSPS) is 16.7. The lowest BCUT2D eigenvalue weighted by Crippen LogP contribution is -2.52. The van der Waals surface area contributed by atoms with Crippen LogP contribution in [-0.4, -0.2) is 110 Å². The van der Waals surface area contributed by atoms with Crippen LogP contribution in [0.3, 0.4) is 0 Å². The number of sulfonamides is 1. The minimum absolute atomic E-state index is 0.0590. The van der Waals surface area contributed by atoms with Gasteiger partial charge in [0.1, 0.15) is 11.2 Å². The molecule has 2 aromatic carbocycles. The van der Waals surface area contributed by atoms with Gasteiger partial charge in [-0.1, -0.05) is 6.92 Å². The van der Waals surface area contributed by atoms with Crippen molar-refractivity contribution in [1.29, 1.82) is 0 Å². The van der Waals surface area contributed by atoms with Crippen LogP contribution >= 0.6 is 0 Å². The molecule has 4 heterocycles. The fraction of sp³-hybridized carbons (Fsp3) is 0.455. The molecule has 2 aliphatic heterocycles. The highest BCUT2D eigenvalue weighted by Crippen LogP contribution is 2.40. The smallest absolute Gasteiger partial charge is 0.403 e. The van der Waals surface area contributed by atoms with Crippen LogP contribution in [0.15, 0.2) is 42.9 Å². The first-order chi connectivity index (χ1) is 24.2. The number of fused-ring (bicyclic) bond motifs is 1. The molecule has 18 heteroatoms. The second-order valence-corrected chi connectivity index (χ2v) is 14.7. The topological polar surface area (TPSA) is 132 Å². The van der Waals surface area contributed by atoms with Gasteiger partial charge in [0.25, 0.3) is 0 Å². The first-order valence-electron chi connectivity index (χ1n) is 16.5. The lowest BCUT2D eigenvalue weighted by molar-refractivity contribution is -0.274. The fourth-order valence-corrected chi connectivity index (χ4v) is 7.04. The third kappa shape index (κ3) is 8.34. The molecule has 0 bridgehead atoms. The third-order valence-electron chi connectivity index (χ3n) is 9.32. The maximum Gasteiger partial charge on any atom is 0.573 e. The van der Waals surface area contributed by atoms with Crippen molar-refractivity contribution >= 4 is 55.6 Å². The molecule has 2 aliphatic rings. The Morgan fingerprint density at radius 2 is 1.69 bits per heavy atom. The van der Waals surface area contributed by atoms with Crippen molar-refractivity contribution in [3.8, 4) is 5.75 Å². The van der Waals surface area contributed by atoms with Gasteiger partial charge in [-0.25, -0.2) is 17.8 Å². The number of ether oxygens (including phenoxy) is 1. The average Bonchev–Trinajstić information content (AvgIpc) is 3.09. The Kier molecular flexibility index (Phi) is 10.4. The standard InChI is InChI=1S/C33H40F4N10O3S/c1-5-21-18-26(28(50-33(35,36)37)19-27(21)47-12-8-22(9-13-47)46-16-14-44(2)15-17-46)42-32-40-20-23(34)31(43-32)41-25-7-6-24-29(39-11-10-38-24)30(25)45(3)51(4,48)49/h6-7,10-11,18-20,22H,5,8-9,12-17H2,1-4H3,(H2,40,41,42,43). The van der Waals surface area contributed by atoms with Crippen molar-refractivity contribution < 1.29 is 30.7 Å². The summed E-state index contributed by atoms with van der Waals surface area (Å²) in [6.45, 7) is 7.34. The highest BCUT2D eigenvalue weighted by Gasteiger charge is 2.34. The Balaban J connectivity index is 1.29. The quantitative estimate of drug-likeness (QED) is 0.210. The second-order valence-electron chi connectivity index (χ2n) is 12.7. The molecule has 6 rings (SSSR count). The van der Waals surface area contributed by atoms with E-state index >= 15 is 4.39 Å². The van der Waals surface area contributed by atoms with E-state index in [0.29, 0.717) is 36.8 Å². The zero-order chi connectivity index (χ0) is 36.5. The average molecular weight is 733 g/mol. The van der Waals surface area contributed by atoms with Crippen molar-refractivity contribution in [2.24, 2.45) is 0 Å². The van der Waals surface area contributed by atoms with Gasteiger partial charge in [-0.05, 0) is 50.1 Å². The van der Waals surface area contributed by atoms with Gasteiger partial charge in [0.05, 0.1) is 29.3 Å². The van der Waals surface area contributed by atoms with E-state index in [1.54, 1.807) is 12.1 Å². The van der Waals surface area contributed by atoms with E-state index in [-0.39, 0.29) is 34.3 Å². The van der Waals surface area contributed by atoms with Crippen LogP contribution in [-0.2, 0) is 16.4 Å². The Morgan fingerprint density at radius 1 is 0.980 bits per heavy atom. The summed E-state index contributed by atoms with van der Waals surface area (Å²) >= 11 is 0. The van der Waals surface area contributed by atoms with Gasteiger partial charge < -0.3 is 25.2 Å². The second kappa shape index (κ2) is 14.6. The summed E-state index contributed by atoms with van der Waals surface area (Å²) in [5.74, 6) is -1.98. The number of hydrogen-bond donors (Lipinski definition) is 2. The predicted octanol–water partition coefficient (Wildman–Crippen LogP) is 5.12. The Hall–Kier alpha value is -4.55. The number of hydrogen-bond acceptors (Lipinski definition) is 12. The molecule has 2 N–H and O–H groups in total. The highest BCUT2D eigenvalue weighted by atomic mass is 32.2. The van der Waals surface area contributed by atoms with E-state index in [1.165, 1.54) is 31.6 Å². The number of likely N-dealkylation sites (N-methyl/N-ethyl adjacent to an activating group) is 1. The van der Waals surface area contributed by atoms with Crippen molar-refractivity contribution in [2.45, 2.75) is 38.6 Å². The lowest BCUT2D eigenvalue weighted by atomic mass is 9.99. The number of aryl methyl sites for hydroxylation is 1. The van der Waals surface area contributed by atoms with E-state index in [1.807, 2.05) is 6.92 Å². The first kappa shape index (κ1) is 36.2. The molecular formula is C33H40F4N10O3S. The Bertz CT molecular complexity index is 1990. The molecule has 2 aromatic heterocycles. The van der Waals surface area contributed by atoms with Gasteiger partial charge in [-0.15, -0.1) is 13.2 Å². The summed E-state index contributed by atoms with van der Waals surface area (Å²) in [7, 11) is -0.361. The van der Waals surface area contributed by atoms with Crippen LogP contribution in [0.5, 0.6) is 5.75 Å². The molecule has 2 fully saturated rings. The Labute approximate surface area is 293 Å². The molecule has 0 amide bonds. The largest absolute Gasteiger partial charge is 0.573 e. The van der Waals surface area contributed by atoms with Crippen molar-refractivity contribution in [2.75, 3.05) is 79.5 Å². The lowest BCUT2D eigenvalue weighted by Gasteiger charge is -2.43. The predicted molar refractivity (Wildman–Crippen MR) is 188 cm³/mol. The molecule has 0 radical (unpaired) electrons. The zero-order valence-corrected chi connectivity index (χ0v) is 29.5. The van der Waals surface area contributed by atoms with E-state index in [9.17, 15) is 21.6 Å². The van der Waals surface area contributed by atoms with E-state index in [4.69, 9.17) is 0 Å². The maximum absolute atomic E-state index is 15.2. The summed E-state index contributed by atoms with van der Waals surface area (Å²) in [4.78, 5) is 23.6. The number of piperidine rings is 1. The molecule has 0 unspecified atom stereocenters. The molecule has 274 valence electrons. The van der Waals surface area contributed by atoms with Crippen LogP contribution in [0.2, 0.25) is 0 Å². The minimum atomic E-state index is -4.99. The van der Waals surface area contributed by atoms with E-state index in [2.05, 4.69) is 57.1 Å². The van der Waals surface area contributed by atoms with Gasteiger partial charge in [0, 0.05) is 76.5 Å². The molecule has 2 saturated heterocycles. The van der Waals surface area contributed by atoms with Crippen LogP contribution in [0, 0.1) is 5.82 Å². The van der Waals surface area contributed by atoms with Gasteiger partial charge in [0.15, 0.2) is 17.4 Å². The molecule has 0 aliphatic carbocycles. The molecule has 51 heavy (non-hydrogen) atoms. The number of benzene rings is 2. The molecule has 13 nitrogen and oxygen atoms in total. The van der Waals surface area contributed by atoms with Gasteiger partial charge in [-0.3, -0.25) is 19.2 Å². The van der Waals surface area contributed by atoms with Crippen LogP contribution < -0.4 is 24.6 Å². The summed E-state index contributed by atoms with van der Waals surface area (Å²) in [6, 6.07) is 6.46. The monoisotopic (exact) mass is 732 g/mol. The van der Waals surface area contributed by atoms with E-state index in [0.717, 1.165) is 61.3 Å². The van der Waals surface area contributed by atoms with Crippen molar-refractivity contribution in [3.05, 3.63) is 54.2 Å². The molecule has 0 saturated carbocycles. The third-order valence-corrected chi connectivity index (χ3v) is 10.5. The summed E-state index contributed by atoms with van der Waals surface area (Å²) in [5, 5.41) is 5.59. The van der Waals surface area contributed by atoms with Gasteiger partial charge >= 0.3 is 6.36 Å². The first-order valence-corrected chi connectivity index (χ1v) is 18.4. The number of alkyl halides is 3. The van der Waals surface area contributed by atoms with Crippen LogP contribution in [0.25, 0.3) is 11.0 Å². The number of halogens is 4. The maximum atomic E-state index is 15.2. The zero-order valence-electron chi connectivity index (χ0n) is 28.7. The van der Waals surface area contributed by atoms with Crippen LogP contribution in [0.1, 0.15) is 25.3 Å². The fourth-order valence-electron chi connectivity index (χ4n) is 6.53. The SMILES string of the molecule is CCc1cc(Nc2ncc(F)c(Nc3ccc4nccnc4c3N(C)S(C)(=O)=O)n2)c(OC(F)(F)F)cc1N1CCC(N2CCN(C)CC2)CC1. The summed E-state index contributed by atoms with van der Waals surface area (Å²) in [6.07, 6.45) is 2.02. The number of nitrogens with one attached hydrogen (secondary N) is 2. The minimum Gasteiger partial charge on any atom is -0.403 e. The summed E-state index contributed by atoms with van der Waals surface area (Å²) in [5.41, 5.74) is 2.23. The molecule has 0 atom stereocenters. The highest BCUT2D eigenvalue weighted by molar-refractivity contribution is 7.92. The van der Waals surface area contributed by atoms with E-state index < -0.39 is 28.0 Å². The van der Waals surface area contributed by atoms with Gasteiger partial charge in [0.2, 0.25) is 16.0 Å². The summed E-state index contributed by atoms with van der Waals surface area (Å²) < 4.78 is 86.9. The number of anilines is 6. The molecule has 4 aromatic rings. The molecule has 0 spiro atoms. The van der Waals surface area contributed by atoms with Crippen molar-refractivity contribution in [3.63, 3.8) is 0 Å². The number of piperazine rings is 1. The molecular weight excluding hydrogens is 692 g/mol. The van der Waals surface area contributed by atoms with Crippen LogP contribution in [0.4, 0.5) is 52.1 Å².